The molecule has 1 atom stereocenters. The molecule has 1 aliphatic rings. The third-order valence-corrected chi connectivity index (χ3v) is 6.70. The fraction of sp³-hybridized carbons (Fsp3) is 0.250. The number of sulfonamides is 1. The summed E-state index contributed by atoms with van der Waals surface area (Å²) in [5.41, 5.74) is 2.14. The molecule has 2 aromatic carbocycles. The molecule has 1 aromatic heterocycles. The molecule has 0 radical (unpaired) electrons. The highest BCUT2D eigenvalue weighted by Gasteiger charge is 2.35. The van der Waals surface area contributed by atoms with Crippen molar-refractivity contribution in [2.75, 3.05) is 29.5 Å². The van der Waals surface area contributed by atoms with Crippen LogP contribution in [0.15, 0.2) is 42.5 Å². The molecule has 162 valence electrons. The van der Waals surface area contributed by atoms with Gasteiger partial charge in [0.25, 0.3) is 5.91 Å². The first-order chi connectivity index (χ1) is 14.7. The molecule has 1 amide bonds. The number of methoxy groups -OCH3 is 1. The van der Waals surface area contributed by atoms with Gasteiger partial charge in [0.2, 0.25) is 15.2 Å². The highest BCUT2D eigenvalue weighted by atomic mass is 32.2. The average molecular weight is 461 g/mol. The zero-order chi connectivity index (χ0) is 22.2. The third kappa shape index (κ3) is 4.47. The molecule has 0 spiro atoms. The van der Waals surface area contributed by atoms with Crippen LogP contribution in [-0.4, -0.2) is 50.5 Å². The number of carbonyl (C=O) groups is 1. The van der Waals surface area contributed by atoms with Crippen LogP contribution in [-0.2, 0) is 14.8 Å². The van der Waals surface area contributed by atoms with Crippen molar-refractivity contribution in [3.8, 4) is 22.1 Å². The zero-order valence-corrected chi connectivity index (χ0v) is 18.7. The van der Waals surface area contributed by atoms with Gasteiger partial charge in [-0.3, -0.25) is 14.4 Å². The summed E-state index contributed by atoms with van der Waals surface area (Å²) in [5.74, 6) is 0.563. The number of fused-ring (bicyclic) bond motifs is 1. The van der Waals surface area contributed by atoms with Gasteiger partial charge in [-0.15, -0.1) is 10.2 Å². The van der Waals surface area contributed by atoms with E-state index in [1.165, 1.54) is 15.6 Å². The van der Waals surface area contributed by atoms with Crippen molar-refractivity contribution in [3.05, 3.63) is 48.0 Å². The molecule has 1 N–H and O–H groups in total. The van der Waals surface area contributed by atoms with Gasteiger partial charge in [-0.25, -0.2) is 8.42 Å². The Morgan fingerprint density at radius 1 is 1.23 bits per heavy atom. The molecule has 0 saturated heterocycles. The summed E-state index contributed by atoms with van der Waals surface area (Å²) >= 11 is 1.20. The normalized spacial score (nSPS) is 15.7. The van der Waals surface area contributed by atoms with Crippen LogP contribution in [0.5, 0.6) is 11.5 Å². The lowest BCUT2D eigenvalue weighted by Crippen LogP contribution is -2.48. The fourth-order valence-electron chi connectivity index (χ4n) is 3.12. The van der Waals surface area contributed by atoms with Crippen molar-refractivity contribution in [3.63, 3.8) is 0 Å². The van der Waals surface area contributed by atoms with Crippen LogP contribution in [0, 0.1) is 6.92 Å². The minimum absolute atomic E-state index is 0.134. The summed E-state index contributed by atoms with van der Waals surface area (Å²) in [6.07, 6.45) is 0.0698. The molecule has 1 aliphatic heterocycles. The summed E-state index contributed by atoms with van der Waals surface area (Å²) in [6.45, 7) is 1.73. The number of nitrogens with one attached hydrogen (secondary N) is 1. The second-order valence-electron chi connectivity index (χ2n) is 7.00. The number of carbonyl (C=O) groups excluding carboxylic acids is 1. The van der Waals surface area contributed by atoms with Gasteiger partial charge >= 0.3 is 0 Å². The summed E-state index contributed by atoms with van der Waals surface area (Å²) in [4.78, 5) is 12.8. The molecule has 3 aromatic rings. The molecular weight excluding hydrogens is 440 g/mol. The molecule has 31 heavy (non-hydrogen) atoms. The Morgan fingerprint density at radius 3 is 2.65 bits per heavy atom. The van der Waals surface area contributed by atoms with Crippen molar-refractivity contribution in [2.45, 2.75) is 13.0 Å². The maximum Gasteiger partial charge on any atom is 0.269 e. The summed E-state index contributed by atoms with van der Waals surface area (Å²) < 4.78 is 36.7. The van der Waals surface area contributed by atoms with E-state index < -0.39 is 22.0 Å². The lowest BCUT2D eigenvalue weighted by Gasteiger charge is -2.33. The molecule has 11 heteroatoms. The number of aryl methyl sites for hydroxylation is 1. The van der Waals surface area contributed by atoms with E-state index in [0.29, 0.717) is 21.6 Å². The number of aromatic nitrogens is 2. The van der Waals surface area contributed by atoms with Crippen LogP contribution in [0.25, 0.3) is 10.6 Å². The first kappa shape index (κ1) is 21.1. The second kappa shape index (κ2) is 8.16. The Labute approximate surface area is 183 Å². The van der Waals surface area contributed by atoms with Crippen LogP contribution in [0.2, 0.25) is 0 Å². The van der Waals surface area contributed by atoms with E-state index in [4.69, 9.17) is 9.47 Å². The second-order valence-corrected chi connectivity index (χ2v) is 9.89. The number of anilines is 2. The SMILES string of the molecule is COc1ccc(-c2nnc(NC(=O)[C@H]3CN(S(C)(=O)=O)c4ccc(C)cc4O3)s2)cc1. The van der Waals surface area contributed by atoms with E-state index in [-0.39, 0.29) is 6.54 Å². The monoisotopic (exact) mass is 460 g/mol. The number of rotatable bonds is 5. The number of hydrogen-bond donors (Lipinski definition) is 1. The topological polar surface area (TPSA) is 111 Å². The van der Waals surface area contributed by atoms with E-state index in [2.05, 4.69) is 15.5 Å². The largest absolute Gasteiger partial charge is 0.497 e. The number of benzene rings is 2. The smallest absolute Gasteiger partial charge is 0.269 e. The van der Waals surface area contributed by atoms with Crippen LogP contribution in [0.3, 0.4) is 0 Å². The molecule has 4 rings (SSSR count). The van der Waals surface area contributed by atoms with Gasteiger partial charge in [0.1, 0.15) is 16.5 Å². The predicted molar refractivity (Wildman–Crippen MR) is 118 cm³/mol. The van der Waals surface area contributed by atoms with Crippen molar-refractivity contribution in [1.82, 2.24) is 10.2 Å². The standard InChI is InChI=1S/C20H20N4O5S2/c1-12-4-9-15-16(10-12)29-17(11-24(15)31(3,26)27)18(25)21-20-23-22-19(30-20)13-5-7-14(28-2)8-6-13/h4-10,17H,11H2,1-3H3,(H,21,23,25)/t17-/m1/s1. The van der Waals surface area contributed by atoms with Crippen molar-refractivity contribution in [2.24, 2.45) is 0 Å². The Hall–Kier alpha value is -3.18. The van der Waals surface area contributed by atoms with Gasteiger partial charge in [0, 0.05) is 5.56 Å². The van der Waals surface area contributed by atoms with Crippen LogP contribution < -0.4 is 19.1 Å². The lowest BCUT2D eigenvalue weighted by atomic mass is 10.1. The zero-order valence-electron chi connectivity index (χ0n) is 17.0. The Kier molecular flexibility index (Phi) is 5.54. The van der Waals surface area contributed by atoms with Gasteiger partial charge in [0.05, 0.1) is 25.6 Å². The average Bonchev–Trinajstić information content (AvgIpc) is 3.20. The minimum Gasteiger partial charge on any atom is -0.497 e. The Morgan fingerprint density at radius 2 is 1.97 bits per heavy atom. The van der Waals surface area contributed by atoms with E-state index in [0.717, 1.165) is 23.1 Å². The summed E-state index contributed by atoms with van der Waals surface area (Å²) in [5, 5.41) is 11.7. The molecule has 2 heterocycles. The summed E-state index contributed by atoms with van der Waals surface area (Å²) in [6, 6.07) is 12.5. The van der Waals surface area contributed by atoms with E-state index in [9.17, 15) is 13.2 Å². The quantitative estimate of drug-likeness (QED) is 0.623. The fourth-order valence-corrected chi connectivity index (χ4v) is 4.79. The summed E-state index contributed by atoms with van der Waals surface area (Å²) in [7, 11) is -2.00. The maximum atomic E-state index is 12.8. The minimum atomic E-state index is -3.59. The van der Waals surface area contributed by atoms with Gasteiger partial charge in [-0.2, -0.15) is 0 Å². The van der Waals surface area contributed by atoms with Gasteiger partial charge in [-0.05, 0) is 48.9 Å². The van der Waals surface area contributed by atoms with Crippen LogP contribution >= 0.6 is 11.3 Å². The van der Waals surface area contributed by atoms with E-state index >= 15 is 0 Å². The Bertz CT molecular complexity index is 1220. The van der Waals surface area contributed by atoms with Gasteiger partial charge in [-0.1, -0.05) is 17.4 Å². The number of hydrogen-bond acceptors (Lipinski definition) is 8. The number of nitrogens with zero attached hydrogens (tertiary/aromatic N) is 3. The van der Waals surface area contributed by atoms with Gasteiger partial charge in [0.15, 0.2) is 6.10 Å². The van der Waals surface area contributed by atoms with Crippen molar-refractivity contribution < 1.29 is 22.7 Å². The molecule has 0 aliphatic carbocycles. The lowest BCUT2D eigenvalue weighted by molar-refractivity contribution is -0.122. The first-order valence-electron chi connectivity index (χ1n) is 9.28. The van der Waals surface area contributed by atoms with Gasteiger partial charge < -0.3 is 9.47 Å². The molecule has 0 fully saturated rings. The maximum absolute atomic E-state index is 12.8. The van der Waals surface area contributed by atoms with Crippen LogP contribution in [0.4, 0.5) is 10.8 Å². The highest BCUT2D eigenvalue weighted by molar-refractivity contribution is 7.92. The van der Waals surface area contributed by atoms with E-state index in [1.807, 2.05) is 31.2 Å². The third-order valence-electron chi connectivity index (χ3n) is 4.67. The molecular formula is C20H20N4O5S2. The van der Waals surface area contributed by atoms with Crippen molar-refractivity contribution >= 4 is 38.1 Å². The Balaban J connectivity index is 1.53. The molecule has 9 nitrogen and oxygen atoms in total. The molecule has 0 saturated carbocycles. The first-order valence-corrected chi connectivity index (χ1v) is 11.9. The number of ether oxygens (including phenoxy) is 2. The highest BCUT2D eigenvalue weighted by Crippen LogP contribution is 2.36. The van der Waals surface area contributed by atoms with E-state index in [1.54, 1.807) is 25.3 Å². The molecule has 0 bridgehead atoms. The van der Waals surface area contributed by atoms with Crippen molar-refractivity contribution in [1.29, 1.82) is 0 Å². The number of amides is 1. The molecule has 0 unspecified atom stereocenters. The predicted octanol–water partition coefficient (Wildman–Crippen LogP) is 2.69. The van der Waals surface area contributed by atoms with Crippen LogP contribution in [0.1, 0.15) is 5.56 Å².